The number of phenolic OH excluding ortho intramolecular Hbond substituents is 1. The molecule has 2 aliphatic rings. The maximum absolute atomic E-state index is 9.66. The number of hydrogen-bond acceptors (Lipinski definition) is 4. The summed E-state index contributed by atoms with van der Waals surface area (Å²) in [5.74, 6) is 0.753. The van der Waals surface area contributed by atoms with E-state index in [1.807, 2.05) is 12.1 Å². The van der Waals surface area contributed by atoms with Crippen molar-refractivity contribution in [2.24, 2.45) is 11.7 Å². The highest BCUT2D eigenvalue weighted by Crippen LogP contribution is 2.42. The van der Waals surface area contributed by atoms with Crippen LogP contribution >= 0.6 is 0 Å². The molecule has 1 fully saturated rings. The molecule has 2 heterocycles. The number of phenols is 1. The number of likely N-dealkylation sites (tertiary alicyclic amines) is 1. The van der Waals surface area contributed by atoms with E-state index in [9.17, 15) is 5.11 Å². The van der Waals surface area contributed by atoms with Gasteiger partial charge in [0, 0.05) is 37.3 Å². The van der Waals surface area contributed by atoms with Gasteiger partial charge in [-0.2, -0.15) is 0 Å². The van der Waals surface area contributed by atoms with Gasteiger partial charge in [0.05, 0.1) is 0 Å². The molecule has 18 heavy (non-hydrogen) atoms. The standard InChI is InChI=1S/C14H21N3O/c1-16-6-5-13-11(8-16)14(15)10-7-9(18)3-4-12(10)17(13)2/h3-4,7,11,13-14,18H,5-6,8,15H2,1-2H3. The van der Waals surface area contributed by atoms with E-state index in [0.717, 1.165) is 25.1 Å². The van der Waals surface area contributed by atoms with Gasteiger partial charge >= 0.3 is 0 Å². The van der Waals surface area contributed by atoms with Crippen LogP contribution in [0.1, 0.15) is 18.0 Å². The first-order valence-electron chi connectivity index (χ1n) is 6.58. The largest absolute Gasteiger partial charge is 0.508 e. The van der Waals surface area contributed by atoms with Crippen LogP contribution in [0.3, 0.4) is 0 Å². The maximum Gasteiger partial charge on any atom is 0.116 e. The molecule has 0 aliphatic carbocycles. The molecule has 1 aromatic rings. The Morgan fingerprint density at radius 1 is 1.33 bits per heavy atom. The first-order valence-corrected chi connectivity index (χ1v) is 6.58. The molecule has 3 atom stereocenters. The van der Waals surface area contributed by atoms with Crippen LogP contribution < -0.4 is 10.6 Å². The Hall–Kier alpha value is -1.26. The SMILES string of the molecule is CN1CCC2C(C1)C(N)c1cc(O)ccc1N2C. The number of nitrogens with zero attached hydrogens (tertiary/aromatic N) is 2. The predicted octanol–water partition coefficient (Wildman–Crippen LogP) is 1.16. The fourth-order valence-electron chi connectivity index (χ4n) is 3.51. The van der Waals surface area contributed by atoms with E-state index in [1.165, 1.54) is 5.69 Å². The zero-order chi connectivity index (χ0) is 12.9. The van der Waals surface area contributed by atoms with Gasteiger partial charge in [-0.1, -0.05) is 0 Å². The lowest BCUT2D eigenvalue weighted by molar-refractivity contribution is 0.154. The Bertz CT molecular complexity index is 462. The minimum atomic E-state index is 0.0241. The van der Waals surface area contributed by atoms with Crippen molar-refractivity contribution in [1.82, 2.24) is 4.90 Å². The van der Waals surface area contributed by atoms with Crippen molar-refractivity contribution < 1.29 is 5.11 Å². The molecular weight excluding hydrogens is 226 g/mol. The van der Waals surface area contributed by atoms with E-state index < -0.39 is 0 Å². The molecule has 0 spiro atoms. The highest BCUT2D eigenvalue weighted by Gasteiger charge is 2.40. The summed E-state index contributed by atoms with van der Waals surface area (Å²) in [5, 5.41) is 9.66. The van der Waals surface area contributed by atoms with Gasteiger partial charge in [-0.05, 0) is 43.8 Å². The van der Waals surface area contributed by atoms with Gasteiger partial charge in [0.15, 0.2) is 0 Å². The predicted molar refractivity (Wildman–Crippen MR) is 72.8 cm³/mol. The number of benzene rings is 1. The number of aromatic hydroxyl groups is 1. The maximum atomic E-state index is 9.66. The molecule has 0 bridgehead atoms. The van der Waals surface area contributed by atoms with E-state index in [-0.39, 0.29) is 6.04 Å². The number of anilines is 1. The average Bonchev–Trinajstić information content (AvgIpc) is 2.35. The third-order valence-electron chi connectivity index (χ3n) is 4.53. The minimum absolute atomic E-state index is 0.0241. The summed E-state index contributed by atoms with van der Waals surface area (Å²) >= 11 is 0. The summed E-state index contributed by atoms with van der Waals surface area (Å²) < 4.78 is 0. The molecule has 0 amide bonds. The van der Waals surface area contributed by atoms with E-state index in [0.29, 0.717) is 17.7 Å². The Labute approximate surface area is 108 Å². The van der Waals surface area contributed by atoms with E-state index in [4.69, 9.17) is 5.73 Å². The summed E-state index contributed by atoms with van der Waals surface area (Å²) in [6.45, 7) is 2.16. The van der Waals surface area contributed by atoms with Crippen molar-refractivity contribution in [3.8, 4) is 5.75 Å². The normalized spacial score (nSPS) is 31.9. The Kier molecular flexibility index (Phi) is 2.72. The van der Waals surface area contributed by atoms with Crippen molar-refractivity contribution in [3.63, 3.8) is 0 Å². The number of nitrogens with two attached hydrogens (primary N) is 1. The molecule has 3 N–H and O–H groups in total. The van der Waals surface area contributed by atoms with Crippen LogP contribution in [-0.2, 0) is 0 Å². The molecule has 2 aliphatic heterocycles. The lowest BCUT2D eigenvalue weighted by Crippen LogP contribution is -2.55. The lowest BCUT2D eigenvalue weighted by atomic mass is 9.78. The van der Waals surface area contributed by atoms with Crippen molar-refractivity contribution in [2.75, 3.05) is 32.1 Å². The molecule has 0 radical (unpaired) electrons. The monoisotopic (exact) mass is 247 g/mol. The summed E-state index contributed by atoms with van der Waals surface area (Å²) in [6.07, 6.45) is 1.16. The third kappa shape index (κ3) is 1.68. The number of rotatable bonds is 0. The molecule has 4 heteroatoms. The number of fused-ring (bicyclic) bond motifs is 2. The number of hydrogen-bond donors (Lipinski definition) is 2. The highest BCUT2D eigenvalue weighted by molar-refractivity contribution is 5.60. The van der Waals surface area contributed by atoms with Crippen LogP contribution in [-0.4, -0.2) is 43.2 Å². The van der Waals surface area contributed by atoms with Crippen LogP contribution in [0, 0.1) is 5.92 Å². The zero-order valence-electron chi connectivity index (χ0n) is 11.0. The van der Waals surface area contributed by atoms with Gasteiger partial charge in [0.1, 0.15) is 5.75 Å². The summed E-state index contributed by atoms with van der Waals surface area (Å²) in [5.41, 5.74) is 8.68. The second kappa shape index (κ2) is 4.14. The van der Waals surface area contributed by atoms with Crippen LogP contribution in [0.15, 0.2) is 18.2 Å². The summed E-state index contributed by atoms with van der Waals surface area (Å²) in [4.78, 5) is 4.69. The van der Waals surface area contributed by atoms with Crippen molar-refractivity contribution in [1.29, 1.82) is 0 Å². The van der Waals surface area contributed by atoms with Crippen molar-refractivity contribution in [3.05, 3.63) is 23.8 Å². The van der Waals surface area contributed by atoms with Gasteiger partial charge in [0.2, 0.25) is 0 Å². The van der Waals surface area contributed by atoms with Gasteiger partial charge in [-0.25, -0.2) is 0 Å². The summed E-state index contributed by atoms with van der Waals surface area (Å²) in [7, 11) is 4.30. The molecule has 1 saturated heterocycles. The molecule has 1 aromatic carbocycles. The van der Waals surface area contributed by atoms with Crippen LogP contribution in [0.5, 0.6) is 5.75 Å². The van der Waals surface area contributed by atoms with E-state index in [1.54, 1.807) is 6.07 Å². The molecule has 98 valence electrons. The smallest absolute Gasteiger partial charge is 0.116 e. The minimum Gasteiger partial charge on any atom is -0.508 e. The molecular formula is C14H21N3O. The second-order valence-corrected chi connectivity index (χ2v) is 5.66. The second-order valence-electron chi connectivity index (χ2n) is 5.66. The topological polar surface area (TPSA) is 52.7 Å². The molecule has 0 aromatic heterocycles. The fraction of sp³-hybridized carbons (Fsp3) is 0.571. The van der Waals surface area contributed by atoms with Crippen LogP contribution in [0.25, 0.3) is 0 Å². The molecule has 3 unspecified atom stereocenters. The van der Waals surface area contributed by atoms with E-state index >= 15 is 0 Å². The quantitative estimate of drug-likeness (QED) is 0.722. The van der Waals surface area contributed by atoms with Crippen molar-refractivity contribution >= 4 is 5.69 Å². The zero-order valence-corrected chi connectivity index (χ0v) is 11.0. The first kappa shape index (κ1) is 11.8. The first-order chi connectivity index (χ1) is 8.58. The molecule has 4 nitrogen and oxygen atoms in total. The third-order valence-corrected chi connectivity index (χ3v) is 4.53. The molecule has 0 saturated carbocycles. The van der Waals surface area contributed by atoms with Gasteiger partial charge in [-0.3, -0.25) is 0 Å². The molecule has 3 rings (SSSR count). The van der Waals surface area contributed by atoms with Gasteiger partial charge in [-0.15, -0.1) is 0 Å². The summed E-state index contributed by atoms with van der Waals surface area (Å²) in [6, 6.07) is 6.10. The Morgan fingerprint density at radius 2 is 2.11 bits per heavy atom. The highest BCUT2D eigenvalue weighted by atomic mass is 16.3. The lowest BCUT2D eigenvalue weighted by Gasteiger charge is -2.49. The van der Waals surface area contributed by atoms with Crippen LogP contribution in [0.4, 0.5) is 5.69 Å². The average molecular weight is 247 g/mol. The van der Waals surface area contributed by atoms with Gasteiger partial charge < -0.3 is 20.6 Å². The Morgan fingerprint density at radius 3 is 2.89 bits per heavy atom. The fourth-order valence-corrected chi connectivity index (χ4v) is 3.51. The van der Waals surface area contributed by atoms with Crippen LogP contribution in [0.2, 0.25) is 0 Å². The Balaban J connectivity index is 2.03. The number of piperidine rings is 1. The van der Waals surface area contributed by atoms with Crippen molar-refractivity contribution in [2.45, 2.75) is 18.5 Å². The van der Waals surface area contributed by atoms with Gasteiger partial charge in [0.25, 0.3) is 0 Å². The van der Waals surface area contributed by atoms with E-state index in [2.05, 4.69) is 23.9 Å².